The standard InChI is InChI=1S/C35H47N5O6/c1-4-5-6-9-33(43)40(3)34-25-11-13-32(46-18-16-38)27(22-25)26-20-24(10-12-31(26)45-17-15-37)21-28(29(41)8-7-14-36)39-35(44)23(2)19-30(34)42/h10-13,20,22-23,28,34H,4-9,15-19,21,37-38H2,1-3H3,(H,39,44)/t23-,28+,34+/m1/s1. The minimum atomic E-state index is -0.973. The zero-order valence-electron chi connectivity index (χ0n) is 27.2. The highest BCUT2D eigenvalue weighted by Crippen LogP contribution is 2.40. The minimum absolute atomic E-state index is 0.0191. The molecule has 11 nitrogen and oxygen atoms in total. The normalized spacial score (nSPS) is 18.1. The number of nitrogens with two attached hydrogens (primary N) is 2. The molecule has 0 radical (unpaired) electrons. The molecule has 1 aliphatic rings. The maximum Gasteiger partial charge on any atom is 0.223 e. The van der Waals surface area contributed by atoms with Crippen molar-refractivity contribution in [3.05, 3.63) is 47.5 Å². The van der Waals surface area contributed by atoms with Crippen molar-refractivity contribution in [1.29, 1.82) is 5.26 Å². The zero-order chi connectivity index (χ0) is 33.6. The SMILES string of the molecule is CCCCCC(=O)N(C)[C@@H]1C(=O)C[C@@H](C)C(=O)N[C@H](C(=O)CCC#N)Cc2ccc(OCCN)c(c2)-c2cc1ccc2OCCN. The van der Waals surface area contributed by atoms with Crippen LogP contribution in [0.5, 0.6) is 11.5 Å². The van der Waals surface area contributed by atoms with Gasteiger partial charge in [-0.3, -0.25) is 19.2 Å². The lowest BCUT2D eigenvalue weighted by atomic mass is 9.89. The number of hydrogen-bond donors (Lipinski definition) is 3. The Morgan fingerprint density at radius 2 is 1.63 bits per heavy atom. The molecule has 5 N–H and O–H groups in total. The van der Waals surface area contributed by atoms with Crippen molar-refractivity contribution in [2.45, 2.75) is 77.3 Å². The predicted octanol–water partition coefficient (Wildman–Crippen LogP) is 3.62. The number of amides is 2. The van der Waals surface area contributed by atoms with Crippen molar-refractivity contribution in [3.8, 4) is 28.7 Å². The number of nitriles is 1. The van der Waals surface area contributed by atoms with E-state index >= 15 is 0 Å². The second kappa shape index (κ2) is 18.0. The number of unbranched alkanes of at least 4 members (excludes halogenated alkanes) is 2. The molecule has 2 aromatic rings. The molecule has 0 spiro atoms. The van der Waals surface area contributed by atoms with Gasteiger partial charge >= 0.3 is 0 Å². The summed E-state index contributed by atoms with van der Waals surface area (Å²) < 4.78 is 12.1. The first-order valence-electron chi connectivity index (χ1n) is 16.1. The van der Waals surface area contributed by atoms with Crippen LogP contribution in [0.4, 0.5) is 0 Å². The summed E-state index contributed by atoms with van der Waals surface area (Å²) in [5.41, 5.74) is 14.1. The van der Waals surface area contributed by atoms with Crippen LogP contribution in [-0.2, 0) is 25.6 Å². The van der Waals surface area contributed by atoms with Gasteiger partial charge in [-0.05, 0) is 48.2 Å². The largest absolute Gasteiger partial charge is 0.492 e. The third-order valence-electron chi connectivity index (χ3n) is 8.07. The molecule has 2 aromatic carbocycles. The first kappa shape index (κ1) is 36.2. The molecule has 3 atom stereocenters. The lowest BCUT2D eigenvalue weighted by Crippen LogP contribution is -2.45. The Bertz CT molecular complexity index is 1420. The number of likely N-dealkylation sites (N-methyl/N-ethyl adjacent to an activating group) is 1. The molecule has 46 heavy (non-hydrogen) atoms. The van der Waals surface area contributed by atoms with Gasteiger partial charge in [-0.2, -0.15) is 5.26 Å². The van der Waals surface area contributed by atoms with Crippen LogP contribution in [0.1, 0.15) is 76.0 Å². The topological polar surface area (TPSA) is 178 Å². The highest BCUT2D eigenvalue weighted by molar-refractivity contribution is 5.95. The second-order valence-corrected chi connectivity index (χ2v) is 11.7. The molecule has 248 valence electrons. The van der Waals surface area contributed by atoms with Gasteiger partial charge in [0.1, 0.15) is 30.8 Å². The van der Waals surface area contributed by atoms with E-state index in [1.54, 1.807) is 32.2 Å². The molecule has 1 aliphatic heterocycles. The number of nitrogens with one attached hydrogen (secondary N) is 1. The monoisotopic (exact) mass is 633 g/mol. The molecule has 4 bridgehead atoms. The summed E-state index contributed by atoms with van der Waals surface area (Å²) in [4.78, 5) is 55.5. The van der Waals surface area contributed by atoms with E-state index in [1.807, 2.05) is 24.3 Å². The Morgan fingerprint density at radius 3 is 2.26 bits per heavy atom. The van der Waals surface area contributed by atoms with Crippen LogP contribution in [0.3, 0.4) is 0 Å². The number of carbonyl (C=O) groups excluding carboxylic acids is 4. The summed E-state index contributed by atoms with van der Waals surface area (Å²) >= 11 is 0. The van der Waals surface area contributed by atoms with Gasteiger partial charge in [0.2, 0.25) is 11.8 Å². The van der Waals surface area contributed by atoms with Crippen molar-refractivity contribution < 1.29 is 28.7 Å². The average Bonchev–Trinajstić information content (AvgIpc) is 3.05. The van der Waals surface area contributed by atoms with Crippen LogP contribution < -0.4 is 26.3 Å². The number of hydrogen-bond acceptors (Lipinski definition) is 9. The average molecular weight is 634 g/mol. The van der Waals surface area contributed by atoms with Gasteiger partial charge in [0.05, 0.1) is 12.1 Å². The summed E-state index contributed by atoms with van der Waals surface area (Å²) in [5.74, 6) is -0.988. The number of Topliss-reactive ketones (excluding diaryl/α,β-unsaturated/α-hetero) is 2. The van der Waals surface area contributed by atoms with E-state index in [0.29, 0.717) is 41.0 Å². The van der Waals surface area contributed by atoms with Gasteiger partial charge in [-0.1, -0.05) is 38.8 Å². The third-order valence-corrected chi connectivity index (χ3v) is 8.07. The maximum absolute atomic E-state index is 14.1. The Labute approximate surface area is 271 Å². The van der Waals surface area contributed by atoms with Crippen LogP contribution in [-0.4, -0.2) is 67.7 Å². The van der Waals surface area contributed by atoms with Crippen molar-refractivity contribution in [2.24, 2.45) is 17.4 Å². The zero-order valence-corrected chi connectivity index (χ0v) is 27.2. The number of ether oxygens (including phenoxy) is 2. The molecule has 2 amide bonds. The number of ketones is 2. The van der Waals surface area contributed by atoms with Crippen LogP contribution in [0.2, 0.25) is 0 Å². The Hall–Kier alpha value is -4.27. The molecule has 0 fully saturated rings. The Morgan fingerprint density at radius 1 is 0.978 bits per heavy atom. The minimum Gasteiger partial charge on any atom is -0.492 e. The molecule has 1 heterocycles. The summed E-state index contributed by atoms with van der Waals surface area (Å²) in [7, 11) is 1.61. The van der Waals surface area contributed by atoms with E-state index in [4.69, 9.17) is 26.2 Å². The molecular formula is C35H47N5O6. The van der Waals surface area contributed by atoms with Gasteiger partial charge in [-0.25, -0.2) is 0 Å². The third kappa shape index (κ3) is 9.61. The highest BCUT2D eigenvalue weighted by atomic mass is 16.5. The number of benzene rings is 2. The van der Waals surface area contributed by atoms with E-state index in [9.17, 15) is 19.2 Å². The summed E-state index contributed by atoms with van der Waals surface area (Å²) in [6, 6.07) is 10.9. The summed E-state index contributed by atoms with van der Waals surface area (Å²) in [6.07, 6.45) is 2.84. The molecule has 3 rings (SSSR count). The fourth-order valence-corrected chi connectivity index (χ4v) is 5.56. The van der Waals surface area contributed by atoms with Crippen molar-refractivity contribution in [1.82, 2.24) is 10.2 Å². The maximum atomic E-state index is 14.1. The fraction of sp³-hybridized carbons (Fsp3) is 0.514. The van der Waals surface area contributed by atoms with E-state index in [-0.39, 0.29) is 69.5 Å². The lowest BCUT2D eigenvalue weighted by molar-refractivity contribution is -0.139. The molecule has 0 aromatic heterocycles. The fourth-order valence-electron chi connectivity index (χ4n) is 5.56. The lowest BCUT2D eigenvalue weighted by Gasteiger charge is -2.30. The molecule has 0 unspecified atom stereocenters. The number of fused-ring (bicyclic) bond motifs is 5. The molecule has 0 saturated heterocycles. The summed E-state index contributed by atoms with van der Waals surface area (Å²) in [5, 5.41) is 11.9. The Kier molecular flexibility index (Phi) is 14.2. The first-order chi connectivity index (χ1) is 22.1. The molecule has 11 heteroatoms. The smallest absolute Gasteiger partial charge is 0.223 e. The quantitative estimate of drug-likeness (QED) is 0.262. The Balaban J connectivity index is 2.26. The van der Waals surface area contributed by atoms with Crippen LogP contribution in [0, 0.1) is 17.2 Å². The van der Waals surface area contributed by atoms with Gasteiger partial charge in [-0.15, -0.1) is 0 Å². The number of nitrogens with zero attached hydrogens (tertiary/aromatic N) is 2. The van der Waals surface area contributed by atoms with Crippen LogP contribution in [0.25, 0.3) is 11.1 Å². The van der Waals surface area contributed by atoms with Gasteiger partial charge in [0.25, 0.3) is 0 Å². The predicted molar refractivity (Wildman–Crippen MR) is 175 cm³/mol. The van der Waals surface area contributed by atoms with Gasteiger partial charge < -0.3 is 31.2 Å². The van der Waals surface area contributed by atoms with E-state index in [0.717, 1.165) is 18.4 Å². The van der Waals surface area contributed by atoms with Crippen LogP contribution in [0.15, 0.2) is 36.4 Å². The van der Waals surface area contributed by atoms with Gasteiger partial charge in [0.15, 0.2) is 11.6 Å². The second-order valence-electron chi connectivity index (χ2n) is 11.7. The van der Waals surface area contributed by atoms with Crippen molar-refractivity contribution in [2.75, 3.05) is 33.4 Å². The molecule has 0 saturated carbocycles. The van der Waals surface area contributed by atoms with Crippen molar-refractivity contribution >= 4 is 23.4 Å². The van der Waals surface area contributed by atoms with Crippen LogP contribution >= 0.6 is 0 Å². The summed E-state index contributed by atoms with van der Waals surface area (Å²) in [6.45, 7) is 4.72. The van der Waals surface area contributed by atoms with Gasteiger partial charge in [0, 0.05) is 62.9 Å². The molecular weight excluding hydrogens is 586 g/mol. The van der Waals surface area contributed by atoms with E-state index in [1.165, 1.54) is 4.90 Å². The first-order valence-corrected chi connectivity index (χ1v) is 16.1. The highest BCUT2D eigenvalue weighted by Gasteiger charge is 2.33. The van der Waals surface area contributed by atoms with Crippen molar-refractivity contribution in [3.63, 3.8) is 0 Å². The number of rotatable bonds is 14. The molecule has 0 aliphatic carbocycles. The van der Waals surface area contributed by atoms with E-state index < -0.39 is 23.9 Å². The number of carbonyl (C=O) groups is 4. The van der Waals surface area contributed by atoms with E-state index in [2.05, 4.69) is 12.2 Å².